The lowest BCUT2D eigenvalue weighted by molar-refractivity contribution is -0.0772. The number of rotatable bonds is 5. The highest BCUT2D eigenvalue weighted by atomic mass is 16.3. The van der Waals surface area contributed by atoms with Crippen LogP contribution in [0.2, 0.25) is 0 Å². The Balaban J connectivity index is 1.27. The van der Waals surface area contributed by atoms with E-state index in [4.69, 9.17) is 4.99 Å². The smallest absolute Gasteiger partial charge is 0.196 e. The van der Waals surface area contributed by atoms with Crippen LogP contribution in [0.25, 0.3) is 11.1 Å². The van der Waals surface area contributed by atoms with Crippen molar-refractivity contribution >= 4 is 11.7 Å². The molecule has 1 saturated carbocycles. The van der Waals surface area contributed by atoms with Crippen molar-refractivity contribution in [2.24, 2.45) is 10.4 Å². The molecule has 5 aliphatic rings. The van der Waals surface area contributed by atoms with Gasteiger partial charge in [0.25, 0.3) is 0 Å². The summed E-state index contributed by atoms with van der Waals surface area (Å²) in [5, 5.41) is 23.9. The number of carbonyl (C=O) groups is 1. The second-order valence-electron chi connectivity index (χ2n) is 15.0. The highest BCUT2D eigenvalue weighted by Crippen LogP contribution is 2.59. The number of fused-ring (bicyclic) bond motifs is 9. The Labute approximate surface area is 286 Å². The molecule has 3 aliphatic carbocycles. The van der Waals surface area contributed by atoms with E-state index in [1.807, 2.05) is 48.5 Å². The second kappa shape index (κ2) is 13.6. The molecule has 4 atom stereocenters. The number of ketones is 1. The number of benzene rings is 3. The molecule has 2 fully saturated rings. The van der Waals surface area contributed by atoms with Gasteiger partial charge in [0.2, 0.25) is 0 Å². The van der Waals surface area contributed by atoms with E-state index in [0.29, 0.717) is 36.9 Å². The number of aliphatic imine (C=N–C) groups is 1. The minimum atomic E-state index is -0.939. The van der Waals surface area contributed by atoms with E-state index in [2.05, 4.69) is 54.0 Å². The third-order valence-electron chi connectivity index (χ3n) is 11.9. The molecule has 0 radical (unpaired) electrons. The van der Waals surface area contributed by atoms with E-state index in [1.165, 1.54) is 5.57 Å². The van der Waals surface area contributed by atoms with Gasteiger partial charge in [-0.05, 0) is 98.9 Å². The van der Waals surface area contributed by atoms with Crippen LogP contribution in [0.5, 0.6) is 0 Å². The van der Waals surface area contributed by atoms with Crippen molar-refractivity contribution in [1.29, 1.82) is 0 Å². The highest BCUT2D eigenvalue weighted by molar-refractivity contribution is 6.10. The summed E-state index contributed by atoms with van der Waals surface area (Å²) in [5.74, 6) is 1.07. The van der Waals surface area contributed by atoms with Gasteiger partial charge in [-0.3, -0.25) is 9.79 Å². The first-order valence-corrected chi connectivity index (χ1v) is 18.2. The summed E-state index contributed by atoms with van der Waals surface area (Å²) in [6.45, 7) is 8.85. The molecule has 3 aromatic carbocycles. The first kappa shape index (κ1) is 32.8. The molecule has 2 bridgehead atoms. The molecule has 3 aromatic rings. The second-order valence-corrected chi connectivity index (χ2v) is 15.0. The van der Waals surface area contributed by atoms with E-state index < -0.39 is 17.1 Å². The summed E-state index contributed by atoms with van der Waals surface area (Å²) in [5.41, 5.74) is 5.46. The Morgan fingerprint density at radius 2 is 1.71 bits per heavy atom. The minimum Gasteiger partial charge on any atom is -0.393 e. The number of aliphatic hydroxyl groups is 2. The Morgan fingerprint density at radius 1 is 0.938 bits per heavy atom. The standard InChI is InChI=1S/C42H51N3O3/c1-30-9-6-21-41(2)38(20-22-42(41,48)29-45-26-8-25-44-24-7-23-43-40(44)45)36-19-13-31(27-35(46)18-12-30)28-37(36)39(47)34-16-14-33(15-17-34)32-10-4-3-5-11-32/h3-5,9-11,13-17,19,28,35,38,46,48H,6-8,12,18,20-27,29H2,1-2H3. The summed E-state index contributed by atoms with van der Waals surface area (Å²) in [4.78, 5) is 24.2. The lowest BCUT2D eigenvalue weighted by atomic mass is 9.64. The van der Waals surface area contributed by atoms with Crippen molar-refractivity contribution in [3.63, 3.8) is 0 Å². The van der Waals surface area contributed by atoms with Gasteiger partial charge in [0.1, 0.15) is 0 Å². The molecule has 6 heteroatoms. The molecular weight excluding hydrogens is 594 g/mol. The number of β-amino-alcohol motifs (C(OH)–C–C–N with tert-alkyl or cyclic N) is 1. The third-order valence-corrected chi connectivity index (χ3v) is 11.9. The van der Waals surface area contributed by atoms with E-state index >= 15 is 0 Å². The summed E-state index contributed by atoms with van der Waals surface area (Å²) in [6, 6.07) is 24.5. The van der Waals surface area contributed by atoms with Crippen LogP contribution in [0.4, 0.5) is 0 Å². The number of carbonyl (C=O) groups excluding carboxylic acids is 1. The SMILES string of the molecule is CC1=CCCC2(C)C(CCC2(O)CN2CCCN3CCCN=C32)c2ccc(cc2C(=O)c2ccc(-c3ccccc3)cc2)CC(O)CC1. The minimum absolute atomic E-state index is 0.00445. The molecule has 0 amide bonds. The van der Waals surface area contributed by atoms with Crippen LogP contribution in [0.3, 0.4) is 0 Å². The first-order chi connectivity index (χ1) is 23.2. The fraction of sp³-hybridized carbons (Fsp3) is 0.476. The van der Waals surface area contributed by atoms with Gasteiger partial charge in [0.05, 0.1) is 18.2 Å². The number of hydrogen-bond acceptors (Lipinski definition) is 6. The van der Waals surface area contributed by atoms with Gasteiger partial charge in [-0.25, -0.2) is 0 Å². The zero-order valence-corrected chi connectivity index (χ0v) is 28.7. The fourth-order valence-corrected chi connectivity index (χ4v) is 8.97. The molecule has 8 rings (SSSR count). The summed E-state index contributed by atoms with van der Waals surface area (Å²) in [7, 11) is 0. The van der Waals surface area contributed by atoms with Crippen molar-refractivity contribution in [3.05, 3.63) is 107 Å². The van der Waals surface area contributed by atoms with Gasteiger partial charge in [0.15, 0.2) is 11.7 Å². The van der Waals surface area contributed by atoms with Crippen LogP contribution in [-0.2, 0) is 6.42 Å². The zero-order chi connectivity index (χ0) is 33.3. The highest BCUT2D eigenvalue weighted by Gasteiger charge is 2.57. The van der Waals surface area contributed by atoms with Gasteiger partial charge >= 0.3 is 0 Å². The maximum absolute atomic E-state index is 14.5. The molecule has 252 valence electrons. The van der Waals surface area contributed by atoms with Crippen molar-refractivity contribution in [2.45, 2.75) is 89.3 Å². The predicted octanol–water partition coefficient (Wildman–Crippen LogP) is 7.39. The molecular formula is C42H51N3O3. The number of allylic oxidation sites excluding steroid dienone is 2. The Hall–Kier alpha value is -3.74. The van der Waals surface area contributed by atoms with Gasteiger partial charge in [-0.15, -0.1) is 0 Å². The molecule has 0 spiro atoms. The average molecular weight is 646 g/mol. The molecule has 0 aromatic heterocycles. The maximum atomic E-state index is 14.5. The van der Waals surface area contributed by atoms with Crippen LogP contribution >= 0.6 is 0 Å². The molecule has 4 unspecified atom stereocenters. The van der Waals surface area contributed by atoms with Crippen LogP contribution in [0, 0.1) is 5.41 Å². The van der Waals surface area contributed by atoms with Gasteiger partial charge < -0.3 is 20.0 Å². The van der Waals surface area contributed by atoms with Crippen LogP contribution in [-0.4, -0.2) is 76.2 Å². The van der Waals surface area contributed by atoms with E-state index in [1.54, 1.807) is 0 Å². The van der Waals surface area contributed by atoms with E-state index in [9.17, 15) is 15.0 Å². The van der Waals surface area contributed by atoms with Crippen molar-refractivity contribution in [2.75, 3.05) is 32.7 Å². The summed E-state index contributed by atoms with van der Waals surface area (Å²) in [6.07, 6.45) is 9.22. The van der Waals surface area contributed by atoms with Gasteiger partial charge in [-0.1, -0.05) is 85.3 Å². The lowest BCUT2D eigenvalue weighted by Gasteiger charge is -2.49. The number of nitrogens with zero attached hydrogens (tertiary/aromatic N) is 3. The van der Waals surface area contributed by atoms with Crippen LogP contribution in [0.1, 0.15) is 98.2 Å². The Morgan fingerprint density at radius 3 is 2.52 bits per heavy atom. The monoisotopic (exact) mass is 645 g/mol. The summed E-state index contributed by atoms with van der Waals surface area (Å²) >= 11 is 0. The van der Waals surface area contributed by atoms with E-state index in [-0.39, 0.29) is 11.7 Å². The Bertz CT molecular complexity index is 1680. The maximum Gasteiger partial charge on any atom is 0.196 e. The topological polar surface area (TPSA) is 76.4 Å². The number of guanidine groups is 1. The first-order valence-electron chi connectivity index (χ1n) is 18.2. The van der Waals surface area contributed by atoms with Gasteiger partial charge in [0, 0.05) is 42.7 Å². The quantitative estimate of drug-likeness (QED) is 0.224. The van der Waals surface area contributed by atoms with Gasteiger partial charge in [-0.2, -0.15) is 0 Å². The average Bonchev–Trinajstić information content (AvgIpc) is 3.36. The predicted molar refractivity (Wildman–Crippen MR) is 193 cm³/mol. The molecule has 48 heavy (non-hydrogen) atoms. The molecule has 2 aliphatic heterocycles. The molecule has 2 heterocycles. The van der Waals surface area contributed by atoms with Crippen LogP contribution < -0.4 is 0 Å². The number of aliphatic hydroxyl groups excluding tert-OH is 1. The molecule has 1 saturated heterocycles. The van der Waals surface area contributed by atoms with E-state index in [0.717, 1.165) is 92.9 Å². The van der Waals surface area contributed by atoms with Crippen molar-refractivity contribution in [1.82, 2.24) is 9.80 Å². The van der Waals surface area contributed by atoms with Crippen LogP contribution in [0.15, 0.2) is 89.4 Å². The Kier molecular flexibility index (Phi) is 9.32. The zero-order valence-electron chi connectivity index (χ0n) is 28.7. The van der Waals surface area contributed by atoms with Crippen molar-refractivity contribution < 1.29 is 15.0 Å². The summed E-state index contributed by atoms with van der Waals surface area (Å²) < 4.78 is 0. The molecule has 6 nitrogen and oxygen atoms in total. The number of hydrogen-bond donors (Lipinski definition) is 2. The largest absolute Gasteiger partial charge is 0.393 e. The lowest BCUT2D eigenvalue weighted by Crippen LogP contribution is -2.59. The third kappa shape index (κ3) is 6.37. The fourth-order valence-electron chi connectivity index (χ4n) is 8.97. The van der Waals surface area contributed by atoms with Crippen molar-refractivity contribution in [3.8, 4) is 11.1 Å². The molecule has 2 N–H and O–H groups in total. The normalized spacial score (nSPS) is 27.8.